The number of carbonyl (C=O) groups excluding carboxylic acids is 1. The molecule has 208 valence electrons. The zero-order chi connectivity index (χ0) is 27.9. The fraction of sp³-hybridized carbons (Fsp3) is 0.364. The van der Waals surface area contributed by atoms with E-state index in [9.17, 15) is 4.79 Å². The SMILES string of the molecule is CNCC[C@@H]1C=C2c3cc4c(cc3C(=O)O[C@H]2[C@@H](O[Si](c2ccccc2)(c2ccccc2)C(C)(C)C)C1)OCO4. The lowest BCUT2D eigenvalue weighted by Gasteiger charge is -2.48. The Labute approximate surface area is 237 Å². The highest BCUT2D eigenvalue weighted by molar-refractivity contribution is 6.99. The van der Waals surface area contributed by atoms with E-state index >= 15 is 0 Å². The average molecular weight is 556 g/mol. The smallest absolute Gasteiger partial charge is 0.339 e. The third-order valence-electron chi connectivity index (χ3n) is 8.38. The number of carbonyl (C=O) groups is 1. The second kappa shape index (κ2) is 10.5. The Bertz CT molecular complexity index is 1380. The molecule has 2 heterocycles. The minimum absolute atomic E-state index is 0.153. The van der Waals surface area contributed by atoms with Crippen molar-refractivity contribution in [3.05, 3.63) is 90.0 Å². The van der Waals surface area contributed by atoms with Gasteiger partial charge in [0.25, 0.3) is 8.32 Å². The first-order valence-electron chi connectivity index (χ1n) is 14.1. The molecule has 2 aliphatic heterocycles. The van der Waals surface area contributed by atoms with Gasteiger partial charge in [-0.2, -0.15) is 0 Å². The lowest BCUT2D eigenvalue weighted by Crippen LogP contribution is -2.69. The monoisotopic (exact) mass is 555 g/mol. The van der Waals surface area contributed by atoms with E-state index in [1.54, 1.807) is 6.07 Å². The van der Waals surface area contributed by atoms with Crippen LogP contribution in [0.15, 0.2) is 78.9 Å². The van der Waals surface area contributed by atoms with Crippen LogP contribution < -0.4 is 25.2 Å². The summed E-state index contributed by atoms with van der Waals surface area (Å²) in [5.74, 6) is 1.16. The second-order valence-corrected chi connectivity index (χ2v) is 16.2. The predicted molar refractivity (Wildman–Crippen MR) is 159 cm³/mol. The van der Waals surface area contributed by atoms with E-state index in [-0.39, 0.29) is 29.8 Å². The number of rotatable bonds is 7. The van der Waals surface area contributed by atoms with Crippen molar-refractivity contribution in [3.63, 3.8) is 0 Å². The van der Waals surface area contributed by atoms with E-state index in [1.165, 1.54) is 10.4 Å². The van der Waals surface area contributed by atoms with Crippen molar-refractivity contribution in [1.29, 1.82) is 0 Å². The highest BCUT2D eigenvalue weighted by Gasteiger charge is 2.54. The minimum atomic E-state index is -2.88. The number of fused-ring (bicyclic) bond motifs is 4. The first kappa shape index (κ1) is 26.8. The number of allylic oxidation sites excluding steroid dienone is 1. The lowest BCUT2D eigenvalue weighted by atomic mass is 9.79. The van der Waals surface area contributed by atoms with Crippen LogP contribution in [0.2, 0.25) is 5.04 Å². The lowest BCUT2D eigenvalue weighted by molar-refractivity contribution is -0.00255. The van der Waals surface area contributed by atoms with Gasteiger partial charge in [0.2, 0.25) is 6.79 Å². The Kier molecular flexibility index (Phi) is 7.06. The number of ether oxygens (including phenoxy) is 3. The standard InChI is InChI=1S/C33H37NO5Si/c1-33(2,3)40(23-11-7-5-8-12-23,24-13-9-6-10-14-24)39-30-18-22(15-16-34-4)17-26-25-19-28-29(37-21-36-28)20-27(25)32(35)38-31(26)30/h5-14,17,19-20,22,30-31,34H,15-16,18,21H2,1-4H3/t22-,30+,31-/m1/s1. The van der Waals surface area contributed by atoms with Gasteiger partial charge >= 0.3 is 5.97 Å². The Balaban J connectivity index is 1.49. The fourth-order valence-electron chi connectivity index (χ4n) is 6.51. The summed E-state index contributed by atoms with van der Waals surface area (Å²) in [6.07, 6.45) is 3.21. The summed E-state index contributed by atoms with van der Waals surface area (Å²) in [5, 5.41) is 5.53. The predicted octanol–water partition coefficient (Wildman–Crippen LogP) is 4.91. The van der Waals surface area contributed by atoms with Gasteiger partial charge in [-0.3, -0.25) is 0 Å². The molecule has 3 aliphatic rings. The summed E-state index contributed by atoms with van der Waals surface area (Å²) in [7, 11) is -0.903. The van der Waals surface area contributed by atoms with Gasteiger partial charge in [-0.15, -0.1) is 0 Å². The Hall–Kier alpha value is -3.39. The molecule has 1 N–H and O–H groups in total. The number of benzene rings is 3. The molecule has 0 spiro atoms. The molecule has 1 aliphatic carbocycles. The van der Waals surface area contributed by atoms with Gasteiger partial charge in [-0.05, 0) is 71.0 Å². The summed E-state index contributed by atoms with van der Waals surface area (Å²) in [4.78, 5) is 13.4. The number of esters is 1. The first-order valence-corrected chi connectivity index (χ1v) is 16.0. The molecular weight excluding hydrogens is 518 g/mol. The molecule has 3 atom stereocenters. The molecule has 0 bridgehead atoms. The third kappa shape index (κ3) is 4.56. The average Bonchev–Trinajstić information content (AvgIpc) is 3.42. The molecule has 3 aromatic carbocycles. The first-order chi connectivity index (χ1) is 19.3. The Morgan fingerprint density at radius 2 is 1.52 bits per heavy atom. The highest BCUT2D eigenvalue weighted by Crippen LogP contribution is 2.47. The van der Waals surface area contributed by atoms with E-state index in [0.717, 1.165) is 30.5 Å². The normalized spacial score (nSPS) is 21.8. The molecule has 0 radical (unpaired) electrons. The van der Waals surface area contributed by atoms with Gasteiger partial charge in [-0.1, -0.05) is 87.5 Å². The van der Waals surface area contributed by atoms with Crippen LogP contribution >= 0.6 is 0 Å². The topological polar surface area (TPSA) is 66.0 Å². The summed E-state index contributed by atoms with van der Waals surface area (Å²) in [6, 6.07) is 25.0. The Morgan fingerprint density at radius 1 is 0.925 bits per heavy atom. The van der Waals surface area contributed by atoms with Crippen molar-refractivity contribution in [2.45, 2.75) is 50.9 Å². The molecule has 3 aromatic rings. The fourth-order valence-corrected chi connectivity index (χ4v) is 11.2. The van der Waals surface area contributed by atoms with Crippen LogP contribution in [-0.2, 0) is 9.16 Å². The minimum Gasteiger partial charge on any atom is -0.454 e. The second-order valence-electron chi connectivity index (χ2n) is 11.9. The zero-order valence-electron chi connectivity index (χ0n) is 23.6. The molecule has 6 rings (SSSR count). The summed E-state index contributed by atoms with van der Waals surface area (Å²) in [6.45, 7) is 7.87. The zero-order valence-corrected chi connectivity index (χ0v) is 24.6. The van der Waals surface area contributed by atoms with Crippen molar-refractivity contribution in [2.75, 3.05) is 20.4 Å². The largest absolute Gasteiger partial charge is 0.454 e. The van der Waals surface area contributed by atoms with Crippen molar-refractivity contribution >= 4 is 30.2 Å². The van der Waals surface area contributed by atoms with Crippen molar-refractivity contribution < 1.29 is 23.4 Å². The summed E-state index contributed by atoms with van der Waals surface area (Å²) < 4.78 is 25.1. The van der Waals surface area contributed by atoms with Crippen LogP contribution in [-0.4, -0.2) is 46.9 Å². The van der Waals surface area contributed by atoms with E-state index < -0.39 is 14.4 Å². The van der Waals surface area contributed by atoms with Crippen LogP contribution in [0.5, 0.6) is 11.5 Å². The van der Waals surface area contributed by atoms with E-state index in [0.29, 0.717) is 17.1 Å². The molecule has 0 fully saturated rings. The van der Waals surface area contributed by atoms with Gasteiger partial charge in [0.1, 0.15) is 0 Å². The van der Waals surface area contributed by atoms with Crippen molar-refractivity contribution in [2.24, 2.45) is 5.92 Å². The van der Waals surface area contributed by atoms with Crippen molar-refractivity contribution in [3.8, 4) is 11.5 Å². The number of hydrogen-bond acceptors (Lipinski definition) is 6. The van der Waals surface area contributed by atoms with Gasteiger partial charge in [0.05, 0.1) is 11.7 Å². The van der Waals surface area contributed by atoms with Crippen molar-refractivity contribution in [1.82, 2.24) is 5.32 Å². The maximum Gasteiger partial charge on any atom is 0.339 e. The molecule has 6 nitrogen and oxygen atoms in total. The molecule has 0 amide bonds. The maximum absolute atomic E-state index is 13.4. The Morgan fingerprint density at radius 3 is 2.10 bits per heavy atom. The van der Waals surface area contributed by atoms with Crippen LogP contribution in [0.25, 0.3) is 5.57 Å². The van der Waals surface area contributed by atoms with Crippen LogP contribution in [0.1, 0.15) is 49.5 Å². The molecule has 0 aromatic heterocycles. The highest BCUT2D eigenvalue weighted by atomic mass is 28.4. The molecule has 0 unspecified atom stereocenters. The molecule has 40 heavy (non-hydrogen) atoms. The quantitative estimate of drug-likeness (QED) is 0.330. The molecular formula is C33H37NO5Si. The molecule has 7 heteroatoms. The van der Waals surface area contributed by atoms with E-state index in [4.69, 9.17) is 18.6 Å². The van der Waals surface area contributed by atoms with Crippen LogP contribution in [0, 0.1) is 5.92 Å². The van der Waals surface area contributed by atoms with E-state index in [2.05, 4.69) is 92.8 Å². The third-order valence-corrected chi connectivity index (χ3v) is 13.4. The van der Waals surface area contributed by atoms with Crippen LogP contribution in [0.4, 0.5) is 0 Å². The van der Waals surface area contributed by atoms with E-state index in [1.807, 2.05) is 13.1 Å². The number of nitrogens with one attached hydrogen (secondary N) is 1. The summed E-state index contributed by atoms with van der Waals surface area (Å²) >= 11 is 0. The maximum atomic E-state index is 13.4. The summed E-state index contributed by atoms with van der Waals surface area (Å²) in [5.41, 5.74) is 2.38. The van der Waals surface area contributed by atoms with Gasteiger partial charge < -0.3 is 24.0 Å². The van der Waals surface area contributed by atoms with Gasteiger partial charge in [0, 0.05) is 0 Å². The van der Waals surface area contributed by atoms with Gasteiger partial charge in [0.15, 0.2) is 17.6 Å². The van der Waals surface area contributed by atoms with Crippen LogP contribution in [0.3, 0.4) is 0 Å². The molecule has 0 saturated carbocycles. The molecule has 0 saturated heterocycles. The number of hydrogen-bond donors (Lipinski definition) is 1. The van der Waals surface area contributed by atoms with Gasteiger partial charge in [-0.25, -0.2) is 4.79 Å².